The van der Waals surface area contributed by atoms with E-state index >= 15 is 0 Å². The molecule has 0 spiro atoms. The fourth-order valence-corrected chi connectivity index (χ4v) is 1.88. The Morgan fingerprint density at radius 3 is 2.19 bits per heavy atom. The monoisotopic (exact) mass is 284 g/mol. The lowest BCUT2D eigenvalue weighted by Crippen LogP contribution is -2.36. The fourth-order valence-electron chi connectivity index (χ4n) is 1.88. The molecule has 0 aromatic heterocycles. The molecule has 0 atom stereocenters. The largest absolute Gasteiger partial charge is 0.376 e. The zero-order chi connectivity index (χ0) is 15.5. The molecular weight excluding hydrogens is 264 g/mol. The SMILES string of the molecule is CCc1ccc(NCC(=O)N(CCC#N)CCC#N)cc1. The highest BCUT2D eigenvalue weighted by Crippen LogP contribution is 2.09. The molecule has 1 aromatic carbocycles. The van der Waals surface area contributed by atoms with Crippen LogP contribution in [0.2, 0.25) is 0 Å². The van der Waals surface area contributed by atoms with E-state index in [2.05, 4.69) is 12.2 Å². The Morgan fingerprint density at radius 1 is 1.14 bits per heavy atom. The summed E-state index contributed by atoms with van der Waals surface area (Å²) in [7, 11) is 0. The summed E-state index contributed by atoms with van der Waals surface area (Å²) in [5, 5.41) is 20.3. The first-order valence-corrected chi connectivity index (χ1v) is 7.05. The molecule has 0 aliphatic rings. The van der Waals surface area contributed by atoms with Gasteiger partial charge in [0.2, 0.25) is 5.91 Å². The molecule has 1 rings (SSSR count). The number of benzene rings is 1. The highest BCUT2D eigenvalue weighted by atomic mass is 16.2. The maximum absolute atomic E-state index is 12.1. The zero-order valence-electron chi connectivity index (χ0n) is 12.3. The van der Waals surface area contributed by atoms with E-state index in [9.17, 15) is 4.79 Å². The van der Waals surface area contributed by atoms with E-state index in [0.29, 0.717) is 13.1 Å². The number of carbonyl (C=O) groups is 1. The van der Waals surface area contributed by atoms with E-state index in [1.54, 1.807) is 4.90 Å². The number of aryl methyl sites for hydroxylation is 1. The molecule has 1 N–H and O–H groups in total. The van der Waals surface area contributed by atoms with E-state index in [1.165, 1.54) is 5.56 Å². The Balaban J connectivity index is 2.51. The van der Waals surface area contributed by atoms with Crippen molar-refractivity contribution >= 4 is 11.6 Å². The van der Waals surface area contributed by atoms with Crippen molar-refractivity contribution in [3.05, 3.63) is 29.8 Å². The summed E-state index contributed by atoms with van der Waals surface area (Å²) in [4.78, 5) is 13.7. The number of anilines is 1. The Bertz CT molecular complexity index is 507. The number of hydrogen-bond donors (Lipinski definition) is 1. The summed E-state index contributed by atoms with van der Waals surface area (Å²) >= 11 is 0. The second-order valence-electron chi connectivity index (χ2n) is 4.60. The van der Waals surface area contributed by atoms with Gasteiger partial charge in [-0.25, -0.2) is 0 Å². The Morgan fingerprint density at radius 2 is 1.71 bits per heavy atom. The molecule has 0 saturated carbocycles. The summed E-state index contributed by atoms with van der Waals surface area (Å²) < 4.78 is 0. The summed E-state index contributed by atoms with van der Waals surface area (Å²) in [6.45, 7) is 3.00. The minimum atomic E-state index is -0.0972. The number of nitriles is 2. The van der Waals surface area contributed by atoms with Gasteiger partial charge in [0, 0.05) is 18.8 Å². The van der Waals surface area contributed by atoms with Crippen LogP contribution in [0.3, 0.4) is 0 Å². The second-order valence-corrected chi connectivity index (χ2v) is 4.60. The third-order valence-electron chi connectivity index (χ3n) is 3.15. The van der Waals surface area contributed by atoms with Crippen LogP contribution in [0.15, 0.2) is 24.3 Å². The molecule has 110 valence electrons. The van der Waals surface area contributed by atoms with Crippen LogP contribution >= 0.6 is 0 Å². The van der Waals surface area contributed by atoms with Gasteiger partial charge in [0.15, 0.2) is 0 Å². The first-order valence-electron chi connectivity index (χ1n) is 7.05. The van der Waals surface area contributed by atoms with Gasteiger partial charge in [-0.05, 0) is 24.1 Å². The lowest BCUT2D eigenvalue weighted by molar-refractivity contribution is -0.129. The van der Waals surface area contributed by atoms with Gasteiger partial charge in [0.25, 0.3) is 0 Å². The van der Waals surface area contributed by atoms with Crippen molar-refractivity contribution in [3.63, 3.8) is 0 Å². The second kappa shape index (κ2) is 9.39. The van der Waals surface area contributed by atoms with Gasteiger partial charge in [-0.2, -0.15) is 10.5 Å². The van der Waals surface area contributed by atoms with Gasteiger partial charge in [0.1, 0.15) is 0 Å². The van der Waals surface area contributed by atoms with Gasteiger partial charge in [-0.15, -0.1) is 0 Å². The molecule has 1 aromatic rings. The van der Waals surface area contributed by atoms with Crippen LogP contribution in [0.25, 0.3) is 0 Å². The van der Waals surface area contributed by atoms with Crippen LogP contribution < -0.4 is 5.32 Å². The summed E-state index contributed by atoms with van der Waals surface area (Å²) in [6, 6.07) is 12.0. The highest BCUT2D eigenvalue weighted by molar-refractivity contribution is 5.80. The Labute approximate surface area is 125 Å². The van der Waals surface area contributed by atoms with E-state index in [0.717, 1.165) is 12.1 Å². The topological polar surface area (TPSA) is 79.9 Å². The minimum absolute atomic E-state index is 0.0972. The van der Waals surface area contributed by atoms with Crippen molar-refractivity contribution in [1.29, 1.82) is 10.5 Å². The molecule has 0 fully saturated rings. The Hall–Kier alpha value is -2.53. The van der Waals surface area contributed by atoms with E-state index in [4.69, 9.17) is 10.5 Å². The maximum Gasteiger partial charge on any atom is 0.241 e. The number of nitrogens with one attached hydrogen (secondary N) is 1. The molecular formula is C16H20N4O. The number of hydrogen-bond acceptors (Lipinski definition) is 4. The lowest BCUT2D eigenvalue weighted by Gasteiger charge is -2.20. The maximum atomic E-state index is 12.1. The standard InChI is InChI=1S/C16H20N4O/c1-2-14-5-7-15(8-6-14)19-13-16(21)20(11-3-9-17)12-4-10-18/h5-8,19H,2-4,11-13H2,1H3. The zero-order valence-corrected chi connectivity index (χ0v) is 12.3. The first-order chi connectivity index (χ1) is 10.2. The first kappa shape index (κ1) is 16.5. The molecule has 1 amide bonds. The molecule has 0 heterocycles. The van der Waals surface area contributed by atoms with Crippen LogP contribution in [0, 0.1) is 22.7 Å². The number of nitrogens with zero attached hydrogens (tertiary/aromatic N) is 3. The van der Waals surface area contributed by atoms with Gasteiger partial charge in [0.05, 0.1) is 31.5 Å². The Kier molecular flexibility index (Phi) is 7.39. The molecule has 0 saturated heterocycles. The summed E-state index contributed by atoms with van der Waals surface area (Å²) in [6.07, 6.45) is 1.54. The molecule has 0 radical (unpaired) electrons. The van der Waals surface area contributed by atoms with Crippen LogP contribution in [0.4, 0.5) is 5.69 Å². The average molecular weight is 284 g/mol. The quantitative estimate of drug-likeness (QED) is 0.794. The molecule has 0 aliphatic carbocycles. The van der Waals surface area contributed by atoms with Gasteiger partial charge < -0.3 is 10.2 Å². The molecule has 21 heavy (non-hydrogen) atoms. The van der Waals surface area contributed by atoms with E-state index < -0.39 is 0 Å². The van der Waals surface area contributed by atoms with Crippen LogP contribution in [-0.4, -0.2) is 30.4 Å². The number of rotatable bonds is 8. The van der Waals surface area contributed by atoms with Crippen molar-refractivity contribution in [2.75, 3.05) is 25.0 Å². The minimum Gasteiger partial charge on any atom is -0.376 e. The highest BCUT2D eigenvalue weighted by Gasteiger charge is 2.12. The molecule has 0 unspecified atom stereocenters. The third kappa shape index (κ3) is 5.97. The lowest BCUT2D eigenvalue weighted by atomic mass is 10.1. The normalized spacial score (nSPS) is 9.48. The van der Waals surface area contributed by atoms with Crippen molar-refractivity contribution < 1.29 is 4.79 Å². The molecule has 0 aliphatic heterocycles. The van der Waals surface area contributed by atoms with Gasteiger partial charge in [-0.3, -0.25) is 4.79 Å². The van der Waals surface area contributed by atoms with E-state index in [1.807, 2.05) is 36.4 Å². The smallest absolute Gasteiger partial charge is 0.241 e. The summed E-state index contributed by atoms with van der Waals surface area (Å²) in [5.74, 6) is -0.0972. The van der Waals surface area contributed by atoms with Gasteiger partial charge in [-0.1, -0.05) is 19.1 Å². The van der Waals surface area contributed by atoms with Crippen LogP contribution in [0.1, 0.15) is 25.3 Å². The predicted molar refractivity (Wildman–Crippen MR) is 81.3 cm³/mol. The summed E-state index contributed by atoms with van der Waals surface area (Å²) in [5.41, 5.74) is 2.14. The van der Waals surface area contributed by atoms with Crippen LogP contribution in [0.5, 0.6) is 0 Å². The number of carbonyl (C=O) groups excluding carboxylic acids is 1. The van der Waals surface area contributed by atoms with Crippen molar-refractivity contribution in [2.45, 2.75) is 26.2 Å². The van der Waals surface area contributed by atoms with E-state index in [-0.39, 0.29) is 25.3 Å². The van der Waals surface area contributed by atoms with Gasteiger partial charge >= 0.3 is 0 Å². The molecule has 0 bridgehead atoms. The average Bonchev–Trinajstić information content (AvgIpc) is 2.53. The van der Waals surface area contributed by atoms with Crippen molar-refractivity contribution in [1.82, 2.24) is 4.90 Å². The molecule has 5 heteroatoms. The number of amides is 1. The predicted octanol–water partition coefficient (Wildman–Crippen LogP) is 2.32. The fraction of sp³-hybridized carbons (Fsp3) is 0.438. The van der Waals surface area contributed by atoms with Crippen molar-refractivity contribution in [3.8, 4) is 12.1 Å². The molecule has 5 nitrogen and oxygen atoms in total. The van der Waals surface area contributed by atoms with Crippen molar-refractivity contribution in [2.24, 2.45) is 0 Å². The van der Waals surface area contributed by atoms with Crippen LogP contribution in [-0.2, 0) is 11.2 Å². The third-order valence-corrected chi connectivity index (χ3v) is 3.15.